The molecule has 1 saturated heterocycles. The fraction of sp³-hybridized carbons (Fsp3) is 0.680. The summed E-state index contributed by atoms with van der Waals surface area (Å²) in [6.45, 7) is 6.93. The second-order valence-electron chi connectivity index (χ2n) is 10.3. The zero-order valence-electron chi connectivity index (χ0n) is 20.4. The van der Waals surface area contributed by atoms with E-state index in [2.05, 4.69) is 23.3 Å². The smallest absolute Gasteiger partial charge is 0.333 e. The van der Waals surface area contributed by atoms with Crippen LogP contribution in [0.1, 0.15) is 69.7 Å². The molecule has 0 radical (unpaired) electrons. The quantitative estimate of drug-likeness (QED) is 0.580. The molecule has 1 aromatic heterocycles. The Balaban J connectivity index is 1.53. The molecule has 2 aliphatic rings. The Hall–Kier alpha value is -1.52. The van der Waals surface area contributed by atoms with Gasteiger partial charge >= 0.3 is 10.3 Å². The molecule has 4 N–H and O–H groups in total. The van der Waals surface area contributed by atoms with Crippen molar-refractivity contribution in [2.75, 3.05) is 19.7 Å². The number of aromatic nitrogens is 1. The molecule has 0 atom stereocenters. The Labute approximate surface area is 202 Å². The SMILES string of the molecule is CC(C)C1CCC(N2CCC(n3c(CCOS(N)(=O)=O)c(CN)c4cc(F)ccc43)CC2)CC1. The highest BCUT2D eigenvalue weighted by Crippen LogP contribution is 2.37. The minimum atomic E-state index is -4.02. The highest BCUT2D eigenvalue weighted by atomic mass is 32.2. The van der Waals surface area contributed by atoms with E-state index in [4.69, 9.17) is 15.1 Å². The van der Waals surface area contributed by atoms with Crippen molar-refractivity contribution < 1.29 is 17.0 Å². The molecule has 0 unspecified atom stereocenters. The largest absolute Gasteiger partial charge is 0.341 e. The molecule has 2 aromatic rings. The summed E-state index contributed by atoms with van der Waals surface area (Å²) in [7, 11) is -4.02. The average molecular weight is 495 g/mol. The van der Waals surface area contributed by atoms with Gasteiger partial charge in [-0.15, -0.1) is 0 Å². The zero-order chi connectivity index (χ0) is 24.5. The van der Waals surface area contributed by atoms with E-state index in [1.807, 2.05) is 6.07 Å². The molecule has 1 saturated carbocycles. The van der Waals surface area contributed by atoms with Gasteiger partial charge in [0.15, 0.2) is 0 Å². The van der Waals surface area contributed by atoms with Gasteiger partial charge in [-0.3, -0.25) is 4.18 Å². The van der Waals surface area contributed by atoms with Crippen LogP contribution >= 0.6 is 0 Å². The maximum atomic E-state index is 14.1. The summed E-state index contributed by atoms with van der Waals surface area (Å²) < 4.78 is 43.8. The molecule has 0 bridgehead atoms. The normalized spacial score (nSPS) is 23.2. The third kappa shape index (κ3) is 5.65. The highest BCUT2D eigenvalue weighted by Gasteiger charge is 2.32. The number of piperidine rings is 1. The first-order chi connectivity index (χ1) is 16.2. The third-order valence-electron chi connectivity index (χ3n) is 8.04. The number of hydrogen-bond donors (Lipinski definition) is 2. The number of fused-ring (bicyclic) bond motifs is 1. The molecule has 7 nitrogen and oxygen atoms in total. The number of likely N-dealkylation sites (tertiary alicyclic amines) is 1. The summed E-state index contributed by atoms with van der Waals surface area (Å²) >= 11 is 0. The third-order valence-corrected chi connectivity index (χ3v) is 8.53. The van der Waals surface area contributed by atoms with Crippen molar-refractivity contribution in [3.05, 3.63) is 35.3 Å². The van der Waals surface area contributed by atoms with Gasteiger partial charge in [-0.05, 0) is 74.1 Å². The maximum absolute atomic E-state index is 14.1. The first kappa shape index (κ1) is 25.6. The monoisotopic (exact) mass is 494 g/mol. The van der Waals surface area contributed by atoms with Gasteiger partial charge in [0.1, 0.15) is 5.82 Å². The second-order valence-corrected chi connectivity index (χ2v) is 11.5. The van der Waals surface area contributed by atoms with Gasteiger partial charge in [0.25, 0.3) is 0 Å². The van der Waals surface area contributed by atoms with Crippen molar-refractivity contribution in [1.29, 1.82) is 0 Å². The Morgan fingerprint density at radius 1 is 1.09 bits per heavy atom. The number of rotatable bonds is 8. The lowest BCUT2D eigenvalue weighted by atomic mass is 9.79. The molecule has 1 aromatic carbocycles. The molecular weight excluding hydrogens is 455 g/mol. The van der Waals surface area contributed by atoms with Gasteiger partial charge < -0.3 is 15.2 Å². The van der Waals surface area contributed by atoms with E-state index in [1.54, 1.807) is 0 Å². The molecule has 4 rings (SSSR count). The van der Waals surface area contributed by atoms with E-state index >= 15 is 0 Å². The van der Waals surface area contributed by atoms with E-state index in [9.17, 15) is 12.8 Å². The van der Waals surface area contributed by atoms with Crippen molar-refractivity contribution in [2.24, 2.45) is 22.7 Å². The van der Waals surface area contributed by atoms with Crippen LogP contribution in [0.15, 0.2) is 18.2 Å². The van der Waals surface area contributed by atoms with Crippen LogP contribution in [0.5, 0.6) is 0 Å². The lowest BCUT2D eigenvalue weighted by molar-refractivity contribution is 0.0888. The van der Waals surface area contributed by atoms with Gasteiger partial charge in [0.2, 0.25) is 0 Å². The molecule has 2 heterocycles. The first-order valence-corrected chi connectivity index (χ1v) is 14.1. The van der Waals surface area contributed by atoms with Crippen LogP contribution in [-0.4, -0.2) is 43.6 Å². The van der Waals surface area contributed by atoms with Gasteiger partial charge in [0, 0.05) is 54.7 Å². The minimum Gasteiger partial charge on any atom is -0.341 e. The number of hydrogen-bond acceptors (Lipinski definition) is 5. The fourth-order valence-electron chi connectivity index (χ4n) is 6.22. The summed E-state index contributed by atoms with van der Waals surface area (Å²) in [5.74, 6) is 1.32. The second kappa shape index (κ2) is 10.6. The Morgan fingerprint density at radius 2 is 1.76 bits per heavy atom. The van der Waals surface area contributed by atoms with Crippen LogP contribution in [0.2, 0.25) is 0 Å². The summed E-state index contributed by atoms with van der Waals surface area (Å²) in [5.41, 5.74) is 8.81. The van der Waals surface area contributed by atoms with Crippen LogP contribution in [0, 0.1) is 17.7 Å². The van der Waals surface area contributed by atoms with E-state index in [1.165, 1.54) is 37.8 Å². The van der Waals surface area contributed by atoms with Gasteiger partial charge in [-0.1, -0.05) is 13.8 Å². The molecule has 34 heavy (non-hydrogen) atoms. The van der Waals surface area contributed by atoms with E-state index in [0.29, 0.717) is 12.5 Å². The Bertz CT molecular complexity index is 1090. The standard InChI is InChI=1S/C25H39FN4O3S/c1-17(2)18-3-6-20(7-4-18)29-12-9-21(10-13-29)30-24-8-5-19(26)15-22(24)23(16-27)25(30)11-14-33-34(28,31)32/h5,8,15,17-18,20-21H,3-4,6-7,9-14,16,27H2,1-2H3,(H2,28,31,32). The van der Waals surface area contributed by atoms with Crippen molar-refractivity contribution in [2.45, 2.75) is 77.4 Å². The molecule has 1 aliphatic carbocycles. The number of benzene rings is 1. The zero-order valence-corrected chi connectivity index (χ0v) is 21.2. The van der Waals surface area contributed by atoms with Crippen molar-refractivity contribution in [1.82, 2.24) is 9.47 Å². The summed E-state index contributed by atoms with van der Waals surface area (Å²) in [5, 5.41) is 5.81. The van der Waals surface area contributed by atoms with E-state index in [-0.39, 0.29) is 25.0 Å². The first-order valence-electron chi connectivity index (χ1n) is 12.6. The van der Waals surface area contributed by atoms with Gasteiger partial charge in [-0.25, -0.2) is 9.53 Å². The van der Waals surface area contributed by atoms with Crippen molar-refractivity contribution in [3.63, 3.8) is 0 Å². The number of nitrogens with zero attached hydrogens (tertiary/aromatic N) is 2. The van der Waals surface area contributed by atoms with Gasteiger partial charge in [0.05, 0.1) is 6.61 Å². The molecular formula is C25H39FN4O3S. The van der Waals surface area contributed by atoms with Crippen molar-refractivity contribution >= 4 is 21.2 Å². The number of nitrogens with two attached hydrogens (primary N) is 2. The number of halogens is 1. The topological polar surface area (TPSA) is 104 Å². The molecule has 0 spiro atoms. The molecule has 0 amide bonds. The lowest BCUT2D eigenvalue weighted by Crippen LogP contribution is -2.44. The molecule has 190 valence electrons. The summed E-state index contributed by atoms with van der Waals surface area (Å²) in [4.78, 5) is 2.66. The molecule has 9 heteroatoms. The van der Waals surface area contributed by atoms with Crippen LogP contribution in [-0.2, 0) is 27.5 Å². The van der Waals surface area contributed by atoms with Gasteiger partial charge in [-0.2, -0.15) is 8.42 Å². The van der Waals surface area contributed by atoms with E-state index in [0.717, 1.165) is 59.9 Å². The van der Waals surface area contributed by atoms with Crippen LogP contribution < -0.4 is 10.9 Å². The molecule has 2 fully saturated rings. The van der Waals surface area contributed by atoms with Crippen molar-refractivity contribution in [3.8, 4) is 0 Å². The average Bonchev–Trinajstić information content (AvgIpc) is 3.10. The Morgan fingerprint density at radius 3 is 2.35 bits per heavy atom. The van der Waals surface area contributed by atoms with E-state index < -0.39 is 10.3 Å². The van der Waals surface area contributed by atoms with Crippen LogP contribution in [0.4, 0.5) is 4.39 Å². The lowest BCUT2D eigenvalue weighted by Gasteiger charge is -2.42. The van der Waals surface area contributed by atoms with Crippen LogP contribution in [0.25, 0.3) is 10.9 Å². The Kier molecular flexibility index (Phi) is 7.99. The predicted molar refractivity (Wildman–Crippen MR) is 133 cm³/mol. The summed E-state index contributed by atoms with van der Waals surface area (Å²) in [6, 6.07) is 5.74. The summed E-state index contributed by atoms with van der Waals surface area (Å²) in [6.07, 6.45) is 7.56. The minimum absolute atomic E-state index is 0.0669. The molecule has 1 aliphatic heterocycles. The maximum Gasteiger partial charge on any atom is 0.333 e. The highest BCUT2D eigenvalue weighted by molar-refractivity contribution is 7.84. The van der Waals surface area contributed by atoms with Crippen LogP contribution in [0.3, 0.4) is 0 Å². The fourth-order valence-corrected chi connectivity index (χ4v) is 6.54. The predicted octanol–water partition coefficient (Wildman–Crippen LogP) is 3.85.